The molecule has 0 rings (SSSR count). The minimum Gasteiger partial charge on any atom is -0.313 e. The van der Waals surface area contributed by atoms with Gasteiger partial charge in [0, 0.05) is 12.5 Å². The maximum absolute atomic E-state index is 5.19. The monoisotopic (exact) mass is 139 g/mol. The molecular weight excluding hydrogens is 122 g/mol. The molecule has 0 aliphatic heterocycles. The lowest BCUT2D eigenvalue weighted by Gasteiger charge is -2.12. The first kappa shape index (κ1) is 9.52. The number of hydrogen-bond acceptors (Lipinski definition) is 1. The summed E-state index contributed by atoms with van der Waals surface area (Å²) >= 11 is 0. The molecule has 0 saturated carbocycles. The van der Waals surface area contributed by atoms with Gasteiger partial charge in [0.25, 0.3) is 0 Å². The summed E-state index contributed by atoms with van der Waals surface area (Å²) in [7, 11) is 0. The van der Waals surface area contributed by atoms with E-state index in [-0.39, 0.29) is 0 Å². The van der Waals surface area contributed by atoms with Crippen molar-refractivity contribution in [2.45, 2.75) is 39.2 Å². The SMILES string of the molecule is C#CCC(CC)NCCC. The largest absolute Gasteiger partial charge is 0.313 e. The van der Waals surface area contributed by atoms with Crippen molar-refractivity contribution in [1.29, 1.82) is 0 Å². The topological polar surface area (TPSA) is 12.0 Å². The summed E-state index contributed by atoms with van der Waals surface area (Å²) < 4.78 is 0. The minimum absolute atomic E-state index is 0.532. The third kappa shape index (κ3) is 4.40. The van der Waals surface area contributed by atoms with Crippen LogP contribution in [0, 0.1) is 12.3 Å². The van der Waals surface area contributed by atoms with Crippen LogP contribution in [-0.2, 0) is 0 Å². The van der Waals surface area contributed by atoms with E-state index in [1.807, 2.05) is 0 Å². The maximum atomic E-state index is 5.19. The van der Waals surface area contributed by atoms with Crippen molar-refractivity contribution in [2.24, 2.45) is 0 Å². The highest BCUT2D eigenvalue weighted by molar-refractivity contribution is 4.89. The molecule has 0 aromatic heterocycles. The molecule has 0 saturated heterocycles. The molecule has 0 radical (unpaired) electrons. The van der Waals surface area contributed by atoms with Gasteiger partial charge >= 0.3 is 0 Å². The van der Waals surface area contributed by atoms with Crippen molar-refractivity contribution in [1.82, 2.24) is 5.32 Å². The number of hydrogen-bond donors (Lipinski definition) is 1. The van der Waals surface area contributed by atoms with Crippen molar-refractivity contribution in [2.75, 3.05) is 6.54 Å². The van der Waals surface area contributed by atoms with Crippen molar-refractivity contribution >= 4 is 0 Å². The van der Waals surface area contributed by atoms with Crippen LogP contribution in [0.25, 0.3) is 0 Å². The van der Waals surface area contributed by atoms with Crippen LogP contribution in [0.3, 0.4) is 0 Å². The first-order valence-electron chi connectivity index (χ1n) is 4.02. The molecule has 0 aromatic rings. The molecule has 1 nitrogen and oxygen atoms in total. The van der Waals surface area contributed by atoms with Crippen molar-refractivity contribution < 1.29 is 0 Å². The molecule has 0 bridgehead atoms. The van der Waals surface area contributed by atoms with Gasteiger partial charge < -0.3 is 5.32 Å². The molecule has 0 fully saturated rings. The Morgan fingerprint density at radius 1 is 1.50 bits per heavy atom. The summed E-state index contributed by atoms with van der Waals surface area (Å²) in [6.45, 7) is 5.40. The minimum atomic E-state index is 0.532. The van der Waals surface area contributed by atoms with Crippen LogP contribution in [0.5, 0.6) is 0 Å². The molecule has 0 aliphatic rings. The summed E-state index contributed by atoms with van der Waals surface area (Å²) in [5.41, 5.74) is 0. The van der Waals surface area contributed by atoms with Crippen molar-refractivity contribution in [3.8, 4) is 12.3 Å². The number of rotatable bonds is 5. The smallest absolute Gasteiger partial charge is 0.0240 e. The molecule has 1 atom stereocenters. The van der Waals surface area contributed by atoms with E-state index in [0.29, 0.717) is 6.04 Å². The fourth-order valence-electron chi connectivity index (χ4n) is 0.852. The summed E-state index contributed by atoms with van der Waals surface area (Å²) in [6.07, 6.45) is 8.36. The predicted octanol–water partition coefficient (Wildman–Crippen LogP) is 1.79. The van der Waals surface area contributed by atoms with Gasteiger partial charge in [-0.1, -0.05) is 13.8 Å². The van der Waals surface area contributed by atoms with Gasteiger partial charge in [-0.3, -0.25) is 0 Å². The lowest BCUT2D eigenvalue weighted by atomic mass is 10.1. The quantitative estimate of drug-likeness (QED) is 0.573. The first-order chi connectivity index (χ1) is 4.85. The Kier molecular flexibility index (Phi) is 6.32. The first-order valence-corrected chi connectivity index (χ1v) is 4.02. The van der Waals surface area contributed by atoms with Crippen LogP contribution >= 0.6 is 0 Å². The van der Waals surface area contributed by atoms with E-state index in [9.17, 15) is 0 Å². The highest BCUT2D eigenvalue weighted by atomic mass is 14.9. The van der Waals surface area contributed by atoms with Crippen molar-refractivity contribution in [3.63, 3.8) is 0 Å². The predicted molar refractivity (Wildman–Crippen MR) is 45.8 cm³/mol. The Morgan fingerprint density at radius 2 is 2.20 bits per heavy atom. The molecule has 1 unspecified atom stereocenters. The van der Waals surface area contributed by atoms with E-state index in [4.69, 9.17) is 6.42 Å². The Bertz CT molecular complexity index is 102. The van der Waals surface area contributed by atoms with Gasteiger partial charge in [-0.2, -0.15) is 0 Å². The highest BCUT2D eigenvalue weighted by Gasteiger charge is 2.00. The van der Waals surface area contributed by atoms with E-state index in [1.165, 1.54) is 6.42 Å². The highest BCUT2D eigenvalue weighted by Crippen LogP contribution is 1.95. The van der Waals surface area contributed by atoms with Gasteiger partial charge in [0.1, 0.15) is 0 Å². The average Bonchev–Trinajstić information content (AvgIpc) is 1.98. The molecule has 0 spiro atoms. The van der Waals surface area contributed by atoms with Gasteiger partial charge in [0.15, 0.2) is 0 Å². The second kappa shape index (κ2) is 6.64. The van der Waals surface area contributed by atoms with E-state index < -0.39 is 0 Å². The maximum Gasteiger partial charge on any atom is 0.0240 e. The Morgan fingerprint density at radius 3 is 2.60 bits per heavy atom. The zero-order valence-electron chi connectivity index (χ0n) is 6.98. The molecular formula is C9H17N. The molecule has 0 aliphatic carbocycles. The summed E-state index contributed by atoms with van der Waals surface area (Å²) in [5, 5.41) is 3.38. The van der Waals surface area contributed by atoms with E-state index in [1.54, 1.807) is 0 Å². The molecule has 1 N–H and O–H groups in total. The van der Waals surface area contributed by atoms with E-state index in [2.05, 4.69) is 25.1 Å². The molecule has 1 heteroatoms. The van der Waals surface area contributed by atoms with E-state index in [0.717, 1.165) is 19.4 Å². The van der Waals surface area contributed by atoms with Gasteiger partial charge in [-0.25, -0.2) is 0 Å². The van der Waals surface area contributed by atoms with Gasteiger partial charge in [-0.15, -0.1) is 12.3 Å². The Labute approximate surface area is 64.2 Å². The Hall–Kier alpha value is -0.480. The lowest BCUT2D eigenvalue weighted by molar-refractivity contribution is 0.507. The van der Waals surface area contributed by atoms with Crippen LogP contribution in [0.2, 0.25) is 0 Å². The van der Waals surface area contributed by atoms with Gasteiger partial charge in [0.05, 0.1) is 0 Å². The second-order valence-corrected chi connectivity index (χ2v) is 2.47. The normalized spacial score (nSPS) is 12.5. The fraction of sp³-hybridized carbons (Fsp3) is 0.778. The molecule has 58 valence electrons. The fourth-order valence-corrected chi connectivity index (χ4v) is 0.852. The van der Waals surface area contributed by atoms with Crippen LogP contribution < -0.4 is 5.32 Å². The molecule has 10 heavy (non-hydrogen) atoms. The van der Waals surface area contributed by atoms with Gasteiger partial charge in [0.2, 0.25) is 0 Å². The molecule has 0 heterocycles. The van der Waals surface area contributed by atoms with Crippen LogP contribution in [0.1, 0.15) is 33.1 Å². The second-order valence-electron chi connectivity index (χ2n) is 2.47. The van der Waals surface area contributed by atoms with Crippen molar-refractivity contribution in [3.05, 3.63) is 0 Å². The zero-order valence-corrected chi connectivity index (χ0v) is 6.98. The summed E-state index contributed by atoms with van der Waals surface area (Å²) in [4.78, 5) is 0. The summed E-state index contributed by atoms with van der Waals surface area (Å²) in [5.74, 6) is 2.67. The standard InChI is InChI=1S/C9H17N/c1-4-7-9(6-3)10-8-5-2/h1,9-10H,5-8H2,2-3H3. The Balaban J connectivity index is 3.32. The van der Waals surface area contributed by atoms with Crippen LogP contribution in [0.15, 0.2) is 0 Å². The summed E-state index contributed by atoms with van der Waals surface area (Å²) in [6, 6.07) is 0.532. The third-order valence-electron chi connectivity index (χ3n) is 1.54. The third-order valence-corrected chi connectivity index (χ3v) is 1.54. The lowest BCUT2D eigenvalue weighted by Crippen LogP contribution is -2.28. The zero-order chi connectivity index (χ0) is 7.82. The number of nitrogens with one attached hydrogen (secondary N) is 1. The molecule has 0 aromatic carbocycles. The van der Waals surface area contributed by atoms with E-state index >= 15 is 0 Å². The molecule has 0 amide bonds. The average molecular weight is 139 g/mol. The number of terminal acetylenes is 1. The van der Waals surface area contributed by atoms with Crippen LogP contribution in [-0.4, -0.2) is 12.6 Å². The van der Waals surface area contributed by atoms with Crippen LogP contribution in [0.4, 0.5) is 0 Å². The van der Waals surface area contributed by atoms with Gasteiger partial charge in [-0.05, 0) is 19.4 Å².